The molecule has 1 aromatic rings. The van der Waals surface area contributed by atoms with Crippen molar-refractivity contribution in [2.45, 2.75) is 66.8 Å². The summed E-state index contributed by atoms with van der Waals surface area (Å²) in [6.07, 6.45) is 5.60. The quantitative estimate of drug-likeness (QED) is 0.730. The van der Waals surface area contributed by atoms with Crippen LogP contribution in [0.1, 0.15) is 59.4 Å². The van der Waals surface area contributed by atoms with Crippen molar-refractivity contribution >= 4 is 5.82 Å². The normalized spacial score (nSPS) is 13.4. The number of hydrogen-bond acceptors (Lipinski definition) is 2. The number of hydrogen-bond donors (Lipinski definition) is 0. The Kier molecular flexibility index (Phi) is 5.84. The van der Waals surface area contributed by atoms with Gasteiger partial charge in [-0.25, -0.2) is 4.98 Å². The number of anilines is 1. The van der Waals surface area contributed by atoms with Gasteiger partial charge in [-0.3, -0.25) is 0 Å². The van der Waals surface area contributed by atoms with Crippen LogP contribution in [0.15, 0.2) is 18.3 Å². The summed E-state index contributed by atoms with van der Waals surface area (Å²) in [6, 6.07) is 4.87. The topological polar surface area (TPSA) is 16.1 Å². The average molecular weight is 262 g/mol. The van der Waals surface area contributed by atoms with Gasteiger partial charge in [0.25, 0.3) is 0 Å². The molecule has 0 amide bonds. The molecule has 0 spiro atoms. The van der Waals surface area contributed by atoms with Crippen molar-refractivity contribution in [2.24, 2.45) is 5.41 Å². The average Bonchev–Trinajstić information content (AvgIpc) is 2.30. The van der Waals surface area contributed by atoms with Crippen molar-refractivity contribution in [3.8, 4) is 0 Å². The number of nitrogens with zero attached hydrogens (tertiary/aromatic N) is 2. The summed E-state index contributed by atoms with van der Waals surface area (Å²) < 4.78 is 0. The Balaban J connectivity index is 2.82. The molecule has 2 nitrogen and oxygen atoms in total. The first-order valence-corrected chi connectivity index (χ1v) is 7.53. The van der Waals surface area contributed by atoms with E-state index in [2.05, 4.69) is 63.6 Å². The van der Waals surface area contributed by atoms with Gasteiger partial charge in [-0.1, -0.05) is 40.2 Å². The smallest absolute Gasteiger partial charge is 0.128 e. The van der Waals surface area contributed by atoms with Crippen LogP contribution in [0.2, 0.25) is 0 Å². The molecule has 0 radical (unpaired) electrons. The summed E-state index contributed by atoms with van der Waals surface area (Å²) in [5, 5.41) is 0. The molecule has 19 heavy (non-hydrogen) atoms. The molecule has 1 atom stereocenters. The van der Waals surface area contributed by atoms with E-state index in [0.717, 1.165) is 12.4 Å². The third kappa shape index (κ3) is 5.63. The molecule has 0 saturated carbocycles. The van der Waals surface area contributed by atoms with Crippen LogP contribution in [0.4, 0.5) is 5.82 Å². The van der Waals surface area contributed by atoms with Crippen molar-refractivity contribution in [1.29, 1.82) is 0 Å². The van der Waals surface area contributed by atoms with Gasteiger partial charge in [0.1, 0.15) is 5.82 Å². The van der Waals surface area contributed by atoms with Crippen LogP contribution in [-0.2, 0) is 0 Å². The second-order valence-corrected chi connectivity index (χ2v) is 6.84. The van der Waals surface area contributed by atoms with Crippen LogP contribution in [-0.4, -0.2) is 17.6 Å². The Labute approximate surface area is 119 Å². The predicted octanol–water partition coefficient (Wildman–Crippen LogP) is 4.82. The van der Waals surface area contributed by atoms with E-state index in [1.807, 2.05) is 6.20 Å². The van der Waals surface area contributed by atoms with Crippen LogP contribution in [0.5, 0.6) is 0 Å². The van der Waals surface area contributed by atoms with Crippen LogP contribution in [0.3, 0.4) is 0 Å². The van der Waals surface area contributed by atoms with Gasteiger partial charge in [-0.05, 0) is 43.7 Å². The Morgan fingerprint density at radius 3 is 2.42 bits per heavy atom. The molecule has 0 aliphatic rings. The van der Waals surface area contributed by atoms with E-state index < -0.39 is 0 Å². The molecule has 2 heteroatoms. The highest BCUT2D eigenvalue weighted by Crippen LogP contribution is 2.23. The highest BCUT2D eigenvalue weighted by atomic mass is 15.2. The van der Waals surface area contributed by atoms with Gasteiger partial charge in [-0.15, -0.1) is 0 Å². The largest absolute Gasteiger partial charge is 0.354 e. The molecule has 0 fully saturated rings. The number of rotatable bonds is 6. The van der Waals surface area contributed by atoms with E-state index in [0.29, 0.717) is 11.5 Å². The zero-order valence-electron chi connectivity index (χ0n) is 13.5. The molecular formula is C17H30N2. The molecule has 0 bridgehead atoms. The van der Waals surface area contributed by atoms with Crippen molar-refractivity contribution in [2.75, 3.05) is 11.4 Å². The molecule has 0 saturated heterocycles. The molecule has 1 rings (SSSR count). The minimum Gasteiger partial charge on any atom is -0.354 e. The van der Waals surface area contributed by atoms with Crippen molar-refractivity contribution in [3.05, 3.63) is 23.9 Å². The van der Waals surface area contributed by atoms with Gasteiger partial charge >= 0.3 is 0 Å². The van der Waals surface area contributed by atoms with Gasteiger partial charge in [-0.2, -0.15) is 0 Å². The van der Waals surface area contributed by atoms with Gasteiger partial charge in [0.05, 0.1) is 0 Å². The molecule has 1 unspecified atom stereocenters. The minimum atomic E-state index is 0.370. The van der Waals surface area contributed by atoms with E-state index in [1.54, 1.807) is 0 Å². The summed E-state index contributed by atoms with van der Waals surface area (Å²) in [5.74, 6) is 1.12. The van der Waals surface area contributed by atoms with Crippen LogP contribution in [0, 0.1) is 12.3 Å². The molecule has 108 valence electrons. The van der Waals surface area contributed by atoms with E-state index in [1.165, 1.54) is 24.8 Å². The van der Waals surface area contributed by atoms with Gasteiger partial charge in [0.15, 0.2) is 0 Å². The van der Waals surface area contributed by atoms with Crippen molar-refractivity contribution in [1.82, 2.24) is 4.98 Å². The summed E-state index contributed by atoms with van der Waals surface area (Å²) in [5.41, 5.74) is 1.59. The zero-order valence-corrected chi connectivity index (χ0v) is 13.5. The van der Waals surface area contributed by atoms with Crippen molar-refractivity contribution < 1.29 is 0 Å². The lowest BCUT2D eigenvalue weighted by molar-refractivity contribution is 0.370. The third-order valence-corrected chi connectivity index (χ3v) is 3.53. The lowest BCUT2D eigenvalue weighted by Gasteiger charge is -2.33. The summed E-state index contributed by atoms with van der Waals surface area (Å²) in [7, 11) is 0. The van der Waals surface area contributed by atoms with Gasteiger partial charge < -0.3 is 4.90 Å². The highest BCUT2D eigenvalue weighted by Gasteiger charge is 2.18. The Morgan fingerprint density at radius 1 is 1.26 bits per heavy atom. The Hall–Kier alpha value is -1.05. The second kappa shape index (κ2) is 6.93. The molecule has 0 aliphatic heterocycles. The SMILES string of the molecule is CCCC(C)N(CCC(C)(C)C)c1ccc(C)cn1. The Bertz CT molecular complexity index is 362. The molecule has 0 aliphatic carbocycles. The zero-order chi connectivity index (χ0) is 14.5. The fourth-order valence-corrected chi connectivity index (χ4v) is 2.22. The van der Waals surface area contributed by atoms with Crippen LogP contribution < -0.4 is 4.90 Å². The second-order valence-electron chi connectivity index (χ2n) is 6.84. The number of aryl methyl sites for hydroxylation is 1. The monoisotopic (exact) mass is 262 g/mol. The fraction of sp³-hybridized carbons (Fsp3) is 0.706. The number of aromatic nitrogens is 1. The molecule has 1 aromatic heterocycles. The van der Waals surface area contributed by atoms with E-state index in [4.69, 9.17) is 0 Å². The predicted molar refractivity (Wildman–Crippen MR) is 84.8 cm³/mol. The van der Waals surface area contributed by atoms with Gasteiger partial charge in [0.2, 0.25) is 0 Å². The summed E-state index contributed by atoms with van der Waals surface area (Å²) >= 11 is 0. The molecular weight excluding hydrogens is 232 g/mol. The summed E-state index contributed by atoms with van der Waals surface area (Å²) in [4.78, 5) is 7.07. The molecule has 0 aromatic carbocycles. The fourth-order valence-electron chi connectivity index (χ4n) is 2.22. The number of pyridine rings is 1. The lowest BCUT2D eigenvalue weighted by atomic mass is 9.92. The molecule has 1 heterocycles. The lowest BCUT2D eigenvalue weighted by Crippen LogP contribution is -2.36. The third-order valence-electron chi connectivity index (χ3n) is 3.53. The van der Waals surface area contributed by atoms with Crippen LogP contribution >= 0.6 is 0 Å². The summed E-state index contributed by atoms with van der Waals surface area (Å²) in [6.45, 7) is 14.6. The first-order chi connectivity index (χ1) is 8.83. The first kappa shape index (κ1) is 16.0. The van der Waals surface area contributed by atoms with E-state index >= 15 is 0 Å². The van der Waals surface area contributed by atoms with E-state index in [-0.39, 0.29) is 0 Å². The standard InChI is InChI=1S/C17H30N2/c1-7-8-15(3)19(12-11-17(4,5)6)16-10-9-14(2)13-18-16/h9-10,13,15H,7-8,11-12H2,1-6H3. The van der Waals surface area contributed by atoms with Crippen LogP contribution in [0.25, 0.3) is 0 Å². The van der Waals surface area contributed by atoms with Crippen molar-refractivity contribution in [3.63, 3.8) is 0 Å². The minimum absolute atomic E-state index is 0.370. The maximum absolute atomic E-state index is 4.61. The van der Waals surface area contributed by atoms with Gasteiger partial charge in [0, 0.05) is 18.8 Å². The Morgan fingerprint density at radius 2 is 1.95 bits per heavy atom. The first-order valence-electron chi connectivity index (χ1n) is 7.53. The highest BCUT2D eigenvalue weighted by molar-refractivity contribution is 5.40. The maximum Gasteiger partial charge on any atom is 0.128 e. The van der Waals surface area contributed by atoms with E-state index in [9.17, 15) is 0 Å². The maximum atomic E-state index is 4.61. The molecule has 0 N–H and O–H groups in total.